The third-order valence-corrected chi connectivity index (χ3v) is 5.19. The summed E-state index contributed by atoms with van der Waals surface area (Å²) in [4.78, 5) is 18.5. The molecule has 1 aliphatic heterocycles. The van der Waals surface area contributed by atoms with Crippen molar-refractivity contribution in [3.8, 4) is 34.4 Å². The number of hydrogen-bond acceptors (Lipinski definition) is 7. The maximum atomic E-state index is 12.8. The molecule has 4 rings (SSSR count). The number of aromatic nitrogens is 3. The summed E-state index contributed by atoms with van der Waals surface area (Å²) in [6.45, 7) is 0.870. The number of amides is 1. The zero-order valence-corrected chi connectivity index (χ0v) is 18.0. The monoisotopic (exact) mass is 444 g/mol. The highest BCUT2D eigenvalue weighted by atomic mass is 35.5. The third-order valence-electron chi connectivity index (χ3n) is 4.91. The molecule has 1 N–H and O–H groups in total. The first-order valence-corrected chi connectivity index (χ1v) is 9.84. The summed E-state index contributed by atoms with van der Waals surface area (Å²) in [5.41, 5.74) is 1.67. The van der Waals surface area contributed by atoms with Crippen molar-refractivity contribution in [2.45, 2.75) is 6.10 Å². The van der Waals surface area contributed by atoms with Crippen LogP contribution in [0, 0.1) is 0 Å². The second kappa shape index (κ2) is 8.73. The predicted molar refractivity (Wildman–Crippen MR) is 113 cm³/mol. The molecule has 9 nitrogen and oxygen atoms in total. The second-order valence-electron chi connectivity index (χ2n) is 6.82. The summed E-state index contributed by atoms with van der Waals surface area (Å²) >= 11 is 6.06. The molecule has 10 heteroatoms. The Kier molecular flexibility index (Phi) is 5.85. The zero-order chi connectivity index (χ0) is 22.0. The van der Waals surface area contributed by atoms with Gasteiger partial charge in [0.15, 0.2) is 11.5 Å². The molecule has 1 amide bonds. The van der Waals surface area contributed by atoms with Crippen molar-refractivity contribution in [2.24, 2.45) is 0 Å². The van der Waals surface area contributed by atoms with E-state index in [1.54, 1.807) is 55.6 Å². The lowest BCUT2D eigenvalue weighted by Gasteiger charge is -2.38. The van der Waals surface area contributed by atoms with E-state index in [4.69, 9.17) is 30.5 Å². The first kappa shape index (κ1) is 20.8. The molecule has 162 valence electrons. The molecule has 0 spiro atoms. The number of pyridine rings is 1. The minimum atomic E-state index is -0.168. The van der Waals surface area contributed by atoms with E-state index in [-0.39, 0.29) is 12.0 Å². The Balaban J connectivity index is 1.45. The van der Waals surface area contributed by atoms with E-state index in [0.717, 1.165) is 5.56 Å². The van der Waals surface area contributed by atoms with Crippen molar-refractivity contribution in [1.82, 2.24) is 20.1 Å². The zero-order valence-electron chi connectivity index (χ0n) is 17.2. The van der Waals surface area contributed by atoms with E-state index in [9.17, 15) is 4.79 Å². The molecule has 1 aliphatic rings. The average Bonchev–Trinajstić information content (AvgIpc) is 3.26. The van der Waals surface area contributed by atoms with E-state index in [1.165, 1.54) is 7.11 Å². The highest BCUT2D eigenvalue weighted by molar-refractivity contribution is 6.31. The smallest absolute Gasteiger partial charge is 0.272 e. The first-order valence-electron chi connectivity index (χ1n) is 9.46. The quantitative estimate of drug-likeness (QED) is 0.597. The molecular formula is C21H21ClN4O5. The third kappa shape index (κ3) is 4.09. The number of nitrogens with zero attached hydrogens (tertiary/aromatic N) is 3. The maximum absolute atomic E-state index is 12.8. The van der Waals surface area contributed by atoms with Crippen molar-refractivity contribution in [2.75, 3.05) is 34.4 Å². The van der Waals surface area contributed by atoms with Gasteiger partial charge in [-0.15, -0.1) is 0 Å². The molecule has 31 heavy (non-hydrogen) atoms. The van der Waals surface area contributed by atoms with Gasteiger partial charge >= 0.3 is 0 Å². The lowest BCUT2D eigenvalue weighted by molar-refractivity contribution is 0.0156. The average molecular weight is 445 g/mol. The fraction of sp³-hybridized carbons (Fsp3) is 0.286. The number of likely N-dealkylation sites (tertiary alicyclic amines) is 1. The molecule has 0 radical (unpaired) electrons. The SMILES string of the molecule is COc1cc(-c2cc(C(=O)N3CC(Oc4ncccc4Cl)C3)[nH]n2)cc(OC)c1OC. The van der Waals surface area contributed by atoms with Gasteiger partial charge in [-0.05, 0) is 30.3 Å². The van der Waals surface area contributed by atoms with Crippen molar-refractivity contribution < 1.29 is 23.7 Å². The highest BCUT2D eigenvalue weighted by Crippen LogP contribution is 2.41. The molecule has 1 fully saturated rings. The Bertz CT molecular complexity index is 1070. The normalized spacial score (nSPS) is 13.5. The van der Waals surface area contributed by atoms with Crippen molar-refractivity contribution in [3.63, 3.8) is 0 Å². The molecule has 0 bridgehead atoms. The number of hydrogen-bond donors (Lipinski definition) is 1. The van der Waals surface area contributed by atoms with Gasteiger partial charge in [-0.2, -0.15) is 5.10 Å². The molecular weight excluding hydrogens is 424 g/mol. The molecule has 3 heterocycles. The van der Waals surface area contributed by atoms with Crippen LogP contribution in [0.25, 0.3) is 11.3 Å². The van der Waals surface area contributed by atoms with Crippen LogP contribution in [0.15, 0.2) is 36.5 Å². The largest absolute Gasteiger partial charge is 0.493 e. The van der Waals surface area contributed by atoms with Crippen molar-refractivity contribution >= 4 is 17.5 Å². The van der Waals surface area contributed by atoms with Crippen LogP contribution in [0.5, 0.6) is 23.1 Å². The van der Waals surface area contributed by atoms with Crippen LogP contribution in [0.4, 0.5) is 0 Å². The van der Waals surface area contributed by atoms with E-state index in [0.29, 0.717) is 52.6 Å². The van der Waals surface area contributed by atoms with Gasteiger partial charge in [-0.3, -0.25) is 9.89 Å². The molecule has 1 saturated heterocycles. The van der Waals surface area contributed by atoms with Crippen LogP contribution >= 0.6 is 11.6 Å². The number of rotatable bonds is 7. The Morgan fingerprint density at radius 2 is 1.84 bits per heavy atom. The van der Waals surface area contributed by atoms with E-state index < -0.39 is 0 Å². The van der Waals surface area contributed by atoms with Crippen molar-refractivity contribution in [3.05, 3.63) is 47.2 Å². The number of aromatic amines is 1. The van der Waals surface area contributed by atoms with Gasteiger partial charge in [0.05, 0.1) is 40.1 Å². The van der Waals surface area contributed by atoms with Gasteiger partial charge in [-0.25, -0.2) is 4.98 Å². The van der Waals surface area contributed by atoms with Gasteiger partial charge in [0.25, 0.3) is 5.91 Å². The van der Waals surface area contributed by atoms with Gasteiger partial charge in [0, 0.05) is 11.8 Å². The first-order chi connectivity index (χ1) is 15.0. The Labute approximate surface area is 183 Å². The summed E-state index contributed by atoms with van der Waals surface area (Å²) in [7, 11) is 4.62. The molecule has 1 aromatic carbocycles. The topological polar surface area (TPSA) is 98.8 Å². The van der Waals surface area contributed by atoms with Gasteiger partial charge < -0.3 is 23.8 Å². The van der Waals surface area contributed by atoms with E-state index in [2.05, 4.69) is 15.2 Å². The van der Waals surface area contributed by atoms with Crippen LogP contribution in [0.2, 0.25) is 5.02 Å². The van der Waals surface area contributed by atoms with Gasteiger partial charge in [0.2, 0.25) is 11.6 Å². The predicted octanol–water partition coefficient (Wildman–Crippen LogP) is 3.05. The molecule has 0 atom stereocenters. The fourth-order valence-electron chi connectivity index (χ4n) is 3.27. The molecule has 3 aromatic rings. The lowest BCUT2D eigenvalue weighted by atomic mass is 10.1. The van der Waals surface area contributed by atoms with Crippen molar-refractivity contribution in [1.29, 1.82) is 0 Å². The van der Waals surface area contributed by atoms with E-state index in [1.807, 2.05) is 0 Å². The van der Waals surface area contributed by atoms with Gasteiger partial charge in [-0.1, -0.05) is 11.6 Å². The number of methoxy groups -OCH3 is 3. The number of ether oxygens (including phenoxy) is 4. The number of nitrogens with one attached hydrogen (secondary N) is 1. The lowest BCUT2D eigenvalue weighted by Crippen LogP contribution is -2.56. The van der Waals surface area contributed by atoms with Crippen LogP contribution in [-0.2, 0) is 0 Å². The summed E-state index contributed by atoms with van der Waals surface area (Å²) < 4.78 is 21.8. The number of carbonyl (C=O) groups is 1. The minimum Gasteiger partial charge on any atom is -0.493 e. The molecule has 0 unspecified atom stereocenters. The number of benzene rings is 1. The number of halogens is 1. The second-order valence-corrected chi connectivity index (χ2v) is 7.23. The standard InChI is InChI=1S/C21H21ClN4O5/c1-28-17-7-12(8-18(29-2)19(17)30-3)15-9-16(25-24-15)21(27)26-10-13(11-26)31-20-14(22)5-4-6-23-20/h4-9,13H,10-11H2,1-3H3,(H,24,25). The van der Waals surface area contributed by atoms with Crippen LogP contribution in [0.1, 0.15) is 10.5 Å². The van der Waals surface area contributed by atoms with Crippen LogP contribution < -0.4 is 18.9 Å². The summed E-state index contributed by atoms with van der Waals surface area (Å²) in [5.74, 6) is 1.69. The van der Waals surface area contributed by atoms with E-state index >= 15 is 0 Å². The Hall–Kier alpha value is -3.46. The molecule has 0 saturated carbocycles. The maximum Gasteiger partial charge on any atom is 0.272 e. The highest BCUT2D eigenvalue weighted by Gasteiger charge is 2.34. The number of carbonyl (C=O) groups excluding carboxylic acids is 1. The minimum absolute atomic E-state index is 0.158. The summed E-state index contributed by atoms with van der Waals surface area (Å²) in [6, 6.07) is 8.68. The Morgan fingerprint density at radius 3 is 2.45 bits per heavy atom. The molecule has 2 aromatic heterocycles. The molecule has 0 aliphatic carbocycles. The summed E-state index contributed by atoms with van der Waals surface area (Å²) in [5, 5.41) is 7.51. The van der Waals surface area contributed by atoms with Crippen LogP contribution in [-0.4, -0.2) is 66.5 Å². The van der Waals surface area contributed by atoms with Gasteiger partial charge in [0.1, 0.15) is 16.8 Å². The van der Waals surface area contributed by atoms with Crippen LogP contribution in [0.3, 0.4) is 0 Å². The fourth-order valence-corrected chi connectivity index (χ4v) is 3.44. The summed E-state index contributed by atoms with van der Waals surface area (Å²) in [6.07, 6.45) is 1.45. The number of H-pyrrole nitrogens is 1. The Morgan fingerprint density at radius 1 is 1.13 bits per heavy atom.